The highest BCUT2D eigenvalue weighted by atomic mass is 14.9. The summed E-state index contributed by atoms with van der Waals surface area (Å²) in [7, 11) is 0. The van der Waals surface area contributed by atoms with Crippen molar-refractivity contribution in [3.8, 4) is 0 Å². The van der Waals surface area contributed by atoms with Gasteiger partial charge in [-0.1, -0.05) is 0 Å². The minimum Gasteiger partial charge on any atom is -0.326 e. The standard InChI is InChI=1S/C6H12N2/c7-5-2-3-1-4(3)6(5)8/h3-6H,1-2,7-8H2/t3-,4?,5-,6+/m0/s1. The van der Waals surface area contributed by atoms with E-state index in [1.165, 1.54) is 12.8 Å². The molecule has 2 heteroatoms. The van der Waals surface area contributed by atoms with Crippen molar-refractivity contribution in [2.24, 2.45) is 23.3 Å². The first-order valence-corrected chi connectivity index (χ1v) is 3.30. The fourth-order valence-electron chi connectivity index (χ4n) is 1.84. The molecule has 2 aliphatic carbocycles. The van der Waals surface area contributed by atoms with Gasteiger partial charge in [-0.3, -0.25) is 0 Å². The lowest BCUT2D eigenvalue weighted by Gasteiger charge is -2.11. The van der Waals surface area contributed by atoms with E-state index in [1.807, 2.05) is 0 Å². The molecule has 2 saturated carbocycles. The molecular formula is C6H12N2. The molecule has 46 valence electrons. The smallest absolute Gasteiger partial charge is 0.0223 e. The highest BCUT2D eigenvalue weighted by Crippen LogP contribution is 2.50. The highest BCUT2D eigenvalue weighted by Gasteiger charge is 2.50. The molecule has 4 atom stereocenters. The molecule has 0 radical (unpaired) electrons. The Balaban J connectivity index is 2.08. The Labute approximate surface area is 49.2 Å². The maximum absolute atomic E-state index is 5.74. The molecule has 0 amide bonds. The second kappa shape index (κ2) is 1.25. The van der Waals surface area contributed by atoms with Crippen LogP contribution in [0.1, 0.15) is 12.8 Å². The first-order chi connectivity index (χ1) is 3.79. The van der Waals surface area contributed by atoms with Gasteiger partial charge in [0.25, 0.3) is 0 Å². The molecule has 2 aliphatic rings. The molecule has 0 aliphatic heterocycles. The Morgan fingerprint density at radius 1 is 1.12 bits per heavy atom. The lowest BCUT2D eigenvalue weighted by Crippen LogP contribution is -2.39. The molecule has 0 aromatic rings. The zero-order valence-electron chi connectivity index (χ0n) is 4.88. The molecule has 0 saturated heterocycles. The number of rotatable bonds is 0. The van der Waals surface area contributed by atoms with Crippen LogP contribution < -0.4 is 11.5 Å². The zero-order valence-corrected chi connectivity index (χ0v) is 4.88. The molecule has 4 N–H and O–H groups in total. The molecule has 0 heterocycles. The summed E-state index contributed by atoms with van der Waals surface area (Å²) in [5, 5.41) is 0. The Bertz CT molecular complexity index is 111. The molecule has 1 unspecified atom stereocenters. The summed E-state index contributed by atoms with van der Waals surface area (Å²) < 4.78 is 0. The molecule has 0 aromatic heterocycles. The van der Waals surface area contributed by atoms with Crippen LogP contribution in [-0.2, 0) is 0 Å². The average molecular weight is 112 g/mol. The van der Waals surface area contributed by atoms with Crippen LogP contribution in [0.4, 0.5) is 0 Å². The van der Waals surface area contributed by atoms with Gasteiger partial charge in [0.15, 0.2) is 0 Å². The van der Waals surface area contributed by atoms with Gasteiger partial charge >= 0.3 is 0 Å². The molecule has 0 bridgehead atoms. The lowest BCUT2D eigenvalue weighted by atomic mass is 10.1. The largest absolute Gasteiger partial charge is 0.326 e. The Kier molecular flexibility index (Phi) is 0.746. The minimum absolute atomic E-state index is 0.318. The molecule has 0 aromatic carbocycles. The van der Waals surface area contributed by atoms with E-state index in [0.29, 0.717) is 12.1 Å². The summed E-state index contributed by atoms with van der Waals surface area (Å²) in [4.78, 5) is 0. The van der Waals surface area contributed by atoms with Crippen molar-refractivity contribution in [2.75, 3.05) is 0 Å². The van der Waals surface area contributed by atoms with Gasteiger partial charge in [-0.25, -0.2) is 0 Å². The summed E-state index contributed by atoms with van der Waals surface area (Å²) in [5.41, 5.74) is 11.4. The van der Waals surface area contributed by atoms with Crippen molar-refractivity contribution in [3.63, 3.8) is 0 Å². The summed E-state index contributed by atoms with van der Waals surface area (Å²) in [6.45, 7) is 0. The summed E-state index contributed by atoms with van der Waals surface area (Å²) in [6.07, 6.45) is 2.54. The maximum atomic E-state index is 5.74. The summed E-state index contributed by atoms with van der Waals surface area (Å²) in [5.74, 6) is 1.73. The Morgan fingerprint density at radius 3 is 2.12 bits per heavy atom. The van der Waals surface area contributed by atoms with Crippen molar-refractivity contribution < 1.29 is 0 Å². The van der Waals surface area contributed by atoms with Gasteiger partial charge in [0, 0.05) is 12.1 Å². The summed E-state index contributed by atoms with van der Waals surface area (Å²) in [6, 6.07) is 0.652. The zero-order chi connectivity index (χ0) is 5.72. The maximum Gasteiger partial charge on any atom is 0.0223 e. The van der Waals surface area contributed by atoms with E-state index in [0.717, 1.165) is 11.8 Å². The van der Waals surface area contributed by atoms with E-state index >= 15 is 0 Å². The Morgan fingerprint density at radius 2 is 1.88 bits per heavy atom. The van der Waals surface area contributed by atoms with E-state index in [2.05, 4.69) is 0 Å². The van der Waals surface area contributed by atoms with Crippen LogP contribution in [0.25, 0.3) is 0 Å². The number of hydrogen-bond donors (Lipinski definition) is 2. The topological polar surface area (TPSA) is 52.0 Å². The first kappa shape index (κ1) is 4.77. The van der Waals surface area contributed by atoms with Gasteiger partial charge < -0.3 is 11.5 Å². The molecular weight excluding hydrogens is 100 g/mol. The predicted molar refractivity (Wildman–Crippen MR) is 32.2 cm³/mol. The van der Waals surface area contributed by atoms with Gasteiger partial charge in [-0.2, -0.15) is 0 Å². The van der Waals surface area contributed by atoms with Crippen LogP contribution >= 0.6 is 0 Å². The molecule has 2 fully saturated rings. The van der Waals surface area contributed by atoms with Crippen LogP contribution in [-0.4, -0.2) is 12.1 Å². The van der Waals surface area contributed by atoms with Crippen molar-refractivity contribution in [2.45, 2.75) is 24.9 Å². The van der Waals surface area contributed by atoms with E-state index in [-0.39, 0.29) is 0 Å². The third-order valence-corrected chi connectivity index (χ3v) is 2.54. The van der Waals surface area contributed by atoms with Crippen LogP contribution in [0.3, 0.4) is 0 Å². The van der Waals surface area contributed by atoms with E-state index < -0.39 is 0 Å². The first-order valence-electron chi connectivity index (χ1n) is 3.30. The fraction of sp³-hybridized carbons (Fsp3) is 1.00. The number of nitrogens with two attached hydrogens (primary N) is 2. The van der Waals surface area contributed by atoms with E-state index in [4.69, 9.17) is 11.5 Å². The predicted octanol–water partition coefficient (Wildman–Crippen LogP) is -0.319. The lowest BCUT2D eigenvalue weighted by molar-refractivity contribution is 0.529. The second-order valence-corrected chi connectivity index (χ2v) is 3.14. The normalized spacial score (nSPS) is 60.8. The van der Waals surface area contributed by atoms with E-state index in [1.54, 1.807) is 0 Å². The molecule has 2 nitrogen and oxygen atoms in total. The third-order valence-electron chi connectivity index (χ3n) is 2.54. The SMILES string of the molecule is N[C@@H]1C2C[C@H]2C[C@@H]1N. The van der Waals surface area contributed by atoms with Gasteiger partial charge in [0.2, 0.25) is 0 Å². The van der Waals surface area contributed by atoms with Gasteiger partial charge in [-0.15, -0.1) is 0 Å². The fourth-order valence-corrected chi connectivity index (χ4v) is 1.84. The molecule has 8 heavy (non-hydrogen) atoms. The molecule has 0 spiro atoms. The van der Waals surface area contributed by atoms with Crippen molar-refractivity contribution >= 4 is 0 Å². The van der Waals surface area contributed by atoms with E-state index in [9.17, 15) is 0 Å². The van der Waals surface area contributed by atoms with Crippen molar-refractivity contribution in [3.05, 3.63) is 0 Å². The number of hydrogen-bond acceptors (Lipinski definition) is 2. The van der Waals surface area contributed by atoms with Gasteiger partial charge in [-0.05, 0) is 24.7 Å². The van der Waals surface area contributed by atoms with Crippen molar-refractivity contribution in [1.82, 2.24) is 0 Å². The monoisotopic (exact) mass is 112 g/mol. The summed E-state index contributed by atoms with van der Waals surface area (Å²) >= 11 is 0. The average Bonchev–Trinajstić information content (AvgIpc) is 2.39. The number of fused-ring (bicyclic) bond motifs is 1. The van der Waals surface area contributed by atoms with Crippen molar-refractivity contribution in [1.29, 1.82) is 0 Å². The second-order valence-electron chi connectivity index (χ2n) is 3.14. The quantitative estimate of drug-likeness (QED) is 0.451. The Hall–Kier alpha value is -0.0800. The molecule has 2 rings (SSSR count). The van der Waals surface area contributed by atoms with Crippen LogP contribution in [0.2, 0.25) is 0 Å². The highest BCUT2D eigenvalue weighted by molar-refractivity contribution is 5.06. The van der Waals surface area contributed by atoms with Crippen LogP contribution in [0.5, 0.6) is 0 Å². The van der Waals surface area contributed by atoms with Crippen LogP contribution in [0, 0.1) is 11.8 Å². The van der Waals surface area contributed by atoms with Gasteiger partial charge in [0.05, 0.1) is 0 Å². The minimum atomic E-state index is 0.318. The third kappa shape index (κ3) is 0.446. The van der Waals surface area contributed by atoms with Crippen LogP contribution in [0.15, 0.2) is 0 Å². The van der Waals surface area contributed by atoms with Gasteiger partial charge in [0.1, 0.15) is 0 Å².